The Morgan fingerprint density at radius 1 is 1.19 bits per heavy atom. The summed E-state index contributed by atoms with van der Waals surface area (Å²) in [4.78, 5) is 27.7. The molecule has 0 aliphatic carbocycles. The molecule has 144 valence electrons. The summed E-state index contributed by atoms with van der Waals surface area (Å²) >= 11 is 0. The lowest BCUT2D eigenvalue weighted by Gasteiger charge is -2.48. The van der Waals surface area contributed by atoms with Crippen molar-refractivity contribution in [3.8, 4) is 6.07 Å². The molecule has 2 heterocycles. The van der Waals surface area contributed by atoms with Crippen LogP contribution in [0.15, 0.2) is 18.2 Å². The van der Waals surface area contributed by atoms with Crippen LogP contribution in [0.1, 0.15) is 74.4 Å². The van der Waals surface area contributed by atoms with E-state index in [1.807, 2.05) is 32.6 Å². The van der Waals surface area contributed by atoms with Crippen molar-refractivity contribution >= 4 is 11.9 Å². The van der Waals surface area contributed by atoms with Gasteiger partial charge in [0.15, 0.2) is 5.78 Å². The fraction of sp³-hybridized carbons (Fsp3) is 0.591. The molecule has 27 heavy (non-hydrogen) atoms. The van der Waals surface area contributed by atoms with Gasteiger partial charge in [-0.1, -0.05) is 0 Å². The number of amides is 1. The van der Waals surface area contributed by atoms with Gasteiger partial charge in [-0.2, -0.15) is 5.26 Å². The minimum Gasteiger partial charge on any atom is -0.444 e. The van der Waals surface area contributed by atoms with Gasteiger partial charge in [0, 0.05) is 23.6 Å². The van der Waals surface area contributed by atoms with Gasteiger partial charge in [-0.3, -0.25) is 4.79 Å². The highest BCUT2D eigenvalue weighted by Gasteiger charge is 2.44. The van der Waals surface area contributed by atoms with Gasteiger partial charge in [-0.05, 0) is 83.6 Å². The van der Waals surface area contributed by atoms with Gasteiger partial charge in [0.1, 0.15) is 5.60 Å². The zero-order chi connectivity index (χ0) is 19.8. The number of hydrogen-bond donors (Lipinski definition) is 0. The number of Topliss-reactive ketones (excluding diaryl/α,β-unsaturated/α-hetero) is 1. The van der Waals surface area contributed by atoms with Crippen molar-refractivity contribution < 1.29 is 14.3 Å². The molecule has 0 aromatic heterocycles. The third kappa shape index (κ3) is 4.16. The first-order chi connectivity index (χ1) is 12.7. The summed E-state index contributed by atoms with van der Waals surface area (Å²) in [5.41, 5.74) is 1.60. The Hall–Kier alpha value is -2.35. The number of ether oxygens (including phenoxy) is 1. The normalized spacial score (nSPS) is 24.9. The number of aryl methyl sites for hydroxylation is 1. The van der Waals surface area contributed by atoms with E-state index in [0.717, 1.165) is 24.8 Å². The average molecular weight is 368 g/mol. The molecular formula is C22H28N2O3. The number of fused-ring (bicyclic) bond motifs is 2. The van der Waals surface area contributed by atoms with Gasteiger partial charge in [0.2, 0.25) is 0 Å². The molecule has 2 aliphatic heterocycles. The van der Waals surface area contributed by atoms with E-state index in [9.17, 15) is 9.59 Å². The lowest BCUT2D eigenvalue weighted by molar-refractivity contribution is -0.0260. The number of hydrogen-bond acceptors (Lipinski definition) is 4. The smallest absolute Gasteiger partial charge is 0.410 e. The minimum atomic E-state index is -0.516. The molecule has 3 rings (SSSR count). The molecule has 0 radical (unpaired) electrons. The lowest BCUT2D eigenvalue weighted by Crippen LogP contribution is -2.56. The van der Waals surface area contributed by atoms with Gasteiger partial charge >= 0.3 is 6.09 Å². The van der Waals surface area contributed by atoms with Crippen molar-refractivity contribution in [2.24, 2.45) is 5.92 Å². The van der Waals surface area contributed by atoms with Gasteiger partial charge in [0.05, 0.1) is 11.6 Å². The maximum Gasteiger partial charge on any atom is 0.410 e. The molecule has 2 fully saturated rings. The first-order valence-corrected chi connectivity index (χ1v) is 9.76. The minimum absolute atomic E-state index is 0.0694. The largest absolute Gasteiger partial charge is 0.444 e. The van der Waals surface area contributed by atoms with Crippen LogP contribution in [-0.4, -0.2) is 34.5 Å². The molecule has 2 saturated heterocycles. The molecular weight excluding hydrogens is 340 g/mol. The first-order valence-electron chi connectivity index (χ1n) is 9.76. The van der Waals surface area contributed by atoms with Crippen LogP contribution in [0.4, 0.5) is 4.79 Å². The Morgan fingerprint density at radius 3 is 2.33 bits per heavy atom. The summed E-state index contributed by atoms with van der Waals surface area (Å²) in [7, 11) is 0. The number of carbonyl (C=O) groups is 2. The topological polar surface area (TPSA) is 70.4 Å². The molecule has 1 aromatic carbocycles. The van der Waals surface area contributed by atoms with Crippen LogP contribution in [-0.2, 0) is 4.74 Å². The standard InChI is InChI=1S/C22H28N2O3/c1-14-10-15(13-23)8-9-19(14)20(25)16-11-17-6-5-7-18(12-16)24(17)21(26)27-22(2,3)4/h8-10,16-18H,5-7,11-12H2,1-4H3. The van der Waals surface area contributed by atoms with Crippen LogP contribution < -0.4 is 0 Å². The average Bonchev–Trinajstić information content (AvgIpc) is 2.58. The first kappa shape index (κ1) is 19.4. The number of nitrogens with zero attached hydrogens (tertiary/aromatic N) is 2. The Balaban J connectivity index is 1.77. The monoisotopic (exact) mass is 368 g/mol. The molecule has 2 unspecified atom stereocenters. The predicted octanol–water partition coefficient (Wildman–Crippen LogP) is 4.62. The van der Waals surface area contributed by atoms with Crippen molar-refractivity contribution in [2.75, 3.05) is 0 Å². The third-order valence-corrected chi connectivity index (χ3v) is 5.57. The maximum absolute atomic E-state index is 13.1. The molecule has 2 aliphatic rings. The van der Waals surface area contributed by atoms with E-state index in [1.54, 1.807) is 18.2 Å². The lowest BCUT2D eigenvalue weighted by atomic mass is 9.75. The van der Waals surface area contributed by atoms with E-state index in [1.165, 1.54) is 0 Å². The van der Waals surface area contributed by atoms with Crippen molar-refractivity contribution in [3.05, 3.63) is 34.9 Å². The highest BCUT2D eigenvalue weighted by molar-refractivity contribution is 5.99. The number of rotatable bonds is 2. The number of benzene rings is 1. The van der Waals surface area contributed by atoms with E-state index in [2.05, 4.69) is 6.07 Å². The zero-order valence-electron chi connectivity index (χ0n) is 16.6. The van der Waals surface area contributed by atoms with Gasteiger partial charge in [0.25, 0.3) is 0 Å². The Bertz CT molecular complexity index is 774. The van der Waals surface area contributed by atoms with Crippen molar-refractivity contribution in [3.63, 3.8) is 0 Å². The second-order valence-corrected chi connectivity index (χ2v) is 8.80. The van der Waals surface area contributed by atoms with E-state index in [0.29, 0.717) is 24.0 Å². The molecule has 1 aromatic rings. The van der Waals surface area contributed by atoms with E-state index in [-0.39, 0.29) is 29.9 Å². The van der Waals surface area contributed by atoms with Crippen LogP contribution in [0, 0.1) is 24.2 Å². The second kappa shape index (κ2) is 7.34. The molecule has 1 amide bonds. The van der Waals surface area contributed by atoms with Crippen LogP contribution in [0.5, 0.6) is 0 Å². The molecule has 0 N–H and O–H groups in total. The summed E-state index contributed by atoms with van der Waals surface area (Å²) in [5.74, 6) is 0.0587. The summed E-state index contributed by atoms with van der Waals surface area (Å²) in [6.07, 6.45) is 4.06. The third-order valence-electron chi connectivity index (χ3n) is 5.57. The van der Waals surface area contributed by atoms with E-state index >= 15 is 0 Å². The van der Waals surface area contributed by atoms with Crippen LogP contribution >= 0.6 is 0 Å². The van der Waals surface area contributed by atoms with Gasteiger partial charge in [-0.25, -0.2) is 4.79 Å². The fourth-order valence-corrected chi connectivity index (χ4v) is 4.44. The van der Waals surface area contributed by atoms with E-state index < -0.39 is 5.60 Å². The Labute approximate surface area is 161 Å². The predicted molar refractivity (Wildman–Crippen MR) is 102 cm³/mol. The Kier molecular flexibility index (Phi) is 5.28. The number of carbonyl (C=O) groups excluding carboxylic acids is 2. The summed E-state index contributed by atoms with van der Waals surface area (Å²) < 4.78 is 5.61. The summed E-state index contributed by atoms with van der Waals surface area (Å²) in [6, 6.07) is 7.50. The summed E-state index contributed by atoms with van der Waals surface area (Å²) in [5, 5.41) is 9.03. The molecule has 5 nitrogen and oxygen atoms in total. The van der Waals surface area contributed by atoms with Crippen molar-refractivity contribution in [1.82, 2.24) is 4.90 Å². The maximum atomic E-state index is 13.1. The number of piperidine rings is 2. The molecule has 5 heteroatoms. The fourth-order valence-electron chi connectivity index (χ4n) is 4.44. The Morgan fingerprint density at radius 2 is 1.81 bits per heavy atom. The molecule has 0 saturated carbocycles. The van der Waals surface area contributed by atoms with Crippen molar-refractivity contribution in [2.45, 2.75) is 77.5 Å². The van der Waals surface area contributed by atoms with Crippen molar-refractivity contribution in [1.29, 1.82) is 5.26 Å². The van der Waals surface area contributed by atoms with Crippen LogP contribution in [0.3, 0.4) is 0 Å². The van der Waals surface area contributed by atoms with Crippen LogP contribution in [0.25, 0.3) is 0 Å². The van der Waals surface area contributed by atoms with Gasteiger partial charge < -0.3 is 9.64 Å². The van der Waals surface area contributed by atoms with E-state index in [4.69, 9.17) is 10.00 Å². The summed E-state index contributed by atoms with van der Waals surface area (Å²) in [6.45, 7) is 7.52. The highest BCUT2D eigenvalue weighted by Crippen LogP contribution is 2.39. The van der Waals surface area contributed by atoms with Crippen LogP contribution in [0.2, 0.25) is 0 Å². The molecule has 0 spiro atoms. The number of nitriles is 1. The second-order valence-electron chi connectivity index (χ2n) is 8.80. The zero-order valence-corrected chi connectivity index (χ0v) is 16.6. The number of ketones is 1. The van der Waals surface area contributed by atoms with Gasteiger partial charge in [-0.15, -0.1) is 0 Å². The highest BCUT2D eigenvalue weighted by atomic mass is 16.6. The molecule has 2 atom stereocenters. The molecule has 2 bridgehead atoms. The SMILES string of the molecule is Cc1cc(C#N)ccc1C(=O)C1CC2CCCC(C1)N2C(=O)OC(C)(C)C. The quantitative estimate of drug-likeness (QED) is 0.714.